The predicted octanol–water partition coefficient (Wildman–Crippen LogP) is -3.19. The molecular formula is C35H46O20. The Labute approximate surface area is 313 Å². The number of esters is 1. The van der Waals surface area contributed by atoms with E-state index in [1.807, 2.05) is 0 Å². The van der Waals surface area contributed by atoms with Gasteiger partial charge in [-0.1, -0.05) is 12.1 Å². The van der Waals surface area contributed by atoms with E-state index in [1.54, 1.807) is 0 Å². The Morgan fingerprint density at radius 2 is 1.33 bits per heavy atom. The minimum atomic E-state index is -1.93. The summed E-state index contributed by atoms with van der Waals surface area (Å²) in [5.74, 6) is -2.44. The fourth-order valence-corrected chi connectivity index (χ4v) is 6.12. The largest absolute Gasteiger partial charge is 0.504 e. The van der Waals surface area contributed by atoms with Gasteiger partial charge in [0.1, 0.15) is 73.8 Å². The standard InChI is InChI=1S/C35H46O20/c1-14-24(42)28(46)32(55-34-29(47)27(45)25(43)21(12-36)52-34)35(51-14)54-31-26(44)22(13-50-23(41)7-4-15-2-5-17(37)19(39)10-15)53-33(30(31)48)49-9-8-16-3-6-18(38)20(40)11-16/h2-7,10-11,14,21-22,24-40,42-48H,8-9,12-13H2,1H3/t14-,21+,22+,24-,25-,26+,27-,28+,29+,30+,31-,32+,33+,34-,35-/m0/s1. The van der Waals surface area contributed by atoms with Crippen LogP contribution in [0.4, 0.5) is 0 Å². The van der Waals surface area contributed by atoms with Crippen molar-refractivity contribution < 1.29 is 99.2 Å². The average Bonchev–Trinajstić information content (AvgIpc) is 3.16. The Morgan fingerprint density at radius 3 is 2.00 bits per heavy atom. The highest BCUT2D eigenvalue weighted by molar-refractivity contribution is 5.87. The van der Waals surface area contributed by atoms with Gasteiger partial charge in [0.15, 0.2) is 41.9 Å². The predicted molar refractivity (Wildman–Crippen MR) is 180 cm³/mol. The van der Waals surface area contributed by atoms with Crippen LogP contribution in [0.25, 0.3) is 6.08 Å². The normalized spacial score (nSPS) is 36.9. The Bertz CT molecular complexity index is 1610. The molecule has 0 spiro atoms. The number of rotatable bonds is 13. The number of aliphatic hydroxyl groups is 8. The molecule has 20 heteroatoms. The lowest BCUT2D eigenvalue weighted by Crippen LogP contribution is -2.66. The van der Waals surface area contributed by atoms with Gasteiger partial charge in [0.25, 0.3) is 0 Å². The topological polar surface area (TPSA) is 324 Å². The molecule has 3 aliphatic heterocycles. The summed E-state index contributed by atoms with van der Waals surface area (Å²) in [7, 11) is 0. The van der Waals surface area contributed by atoms with Crippen LogP contribution < -0.4 is 0 Å². The molecule has 3 saturated heterocycles. The fraction of sp³-hybridized carbons (Fsp3) is 0.571. The summed E-state index contributed by atoms with van der Waals surface area (Å²) in [5.41, 5.74) is 0.862. The molecule has 20 nitrogen and oxygen atoms in total. The van der Waals surface area contributed by atoms with E-state index in [4.69, 9.17) is 33.2 Å². The maximum atomic E-state index is 12.6. The number of aliphatic hydroxyl groups excluding tert-OH is 8. The quantitative estimate of drug-likeness (QED) is 0.0541. The lowest BCUT2D eigenvalue weighted by atomic mass is 9.96. The zero-order chi connectivity index (χ0) is 40.1. The monoisotopic (exact) mass is 786 g/mol. The highest BCUT2D eigenvalue weighted by Gasteiger charge is 2.53. The number of hydrogen-bond acceptors (Lipinski definition) is 20. The van der Waals surface area contributed by atoms with Crippen molar-refractivity contribution in [3.05, 3.63) is 53.6 Å². The highest BCUT2D eigenvalue weighted by Crippen LogP contribution is 2.34. The van der Waals surface area contributed by atoms with Crippen LogP contribution >= 0.6 is 0 Å². The van der Waals surface area contributed by atoms with Crippen molar-refractivity contribution in [1.29, 1.82) is 0 Å². The molecule has 0 unspecified atom stereocenters. The molecule has 5 rings (SSSR count). The molecule has 0 aliphatic carbocycles. The van der Waals surface area contributed by atoms with E-state index in [9.17, 15) is 66.1 Å². The first-order chi connectivity index (χ1) is 26.1. The molecule has 3 fully saturated rings. The van der Waals surface area contributed by atoms with E-state index in [2.05, 4.69) is 0 Å². The van der Waals surface area contributed by atoms with Crippen LogP contribution in [-0.4, -0.2) is 179 Å². The average molecular weight is 787 g/mol. The Kier molecular flexibility index (Phi) is 14.3. The Hall–Kier alpha value is -3.71. The van der Waals surface area contributed by atoms with Crippen molar-refractivity contribution >= 4 is 12.0 Å². The minimum absolute atomic E-state index is 0.133. The number of phenols is 4. The van der Waals surface area contributed by atoms with E-state index in [0.29, 0.717) is 11.1 Å². The molecule has 15 atom stereocenters. The lowest BCUT2D eigenvalue weighted by Gasteiger charge is -2.48. The number of phenolic OH excluding ortho intramolecular Hbond substituents is 4. The minimum Gasteiger partial charge on any atom is -0.504 e. The molecule has 0 radical (unpaired) electrons. The van der Waals surface area contributed by atoms with Gasteiger partial charge in [0.2, 0.25) is 0 Å². The summed E-state index contributed by atoms with van der Waals surface area (Å²) in [6.07, 6.45) is -22.9. The summed E-state index contributed by atoms with van der Waals surface area (Å²) < 4.78 is 39.6. The van der Waals surface area contributed by atoms with E-state index in [1.165, 1.54) is 49.4 Å². The van der Waals surface area contributed by atoms with Gasteiger partial charge in [-0.25, -0.2) is 4.79 Å². The van der Waals surface area contributed by atoms with Gasteiger partial charge in [-0.15, -0.1) is 0 Å². The maximum Gasteiger partial charge on any atom is 0.330 e. The van der Waals surface area contributed by atoms with E-state index < -0.39 is 117 Å². The number of carbonyl (C=O) groups is 1. The van der Waals surface area contributed by atoms with Gasteiger partial charge >= 0.3 is 5.97 Å². The first kappa shape index (κ1) is 42.4. The van der Waals surface area contributed by atoms with Crippen molar-refractivity contribution in [3.8, 4) is 23.0 Å². The number of carbonyl (C=O) groups excluding carboxylic acids is 1. The van der Waals surface area contributed by atoms with Crippen molar-refractivity contribution in [2.75, 3.05) is 19.8 Å². The third-order valence-electron chi connectivity index (χ3n) is 9.37. The second-order valence-electron chi connectivity index (χ2n) is 13.3. The molecule has 12 N–H and O–H groups in total. The second kappa shape index (κ2) is 18.5. The molecule has 2 aromatic rings. The summed E-state index contributed by atoms with van der Waals surface area (Å²) in [6, 6.07) is 7.88. The van der Waals surface area contributed by atoms with Gasteiger partial charge in [-0.3, -0.25) is 0 Å². The van der Waals surface area contributed by atoms with Crippen LogP contribution in [0.2, 0.25) is 0 Å². The van der Waals surface area contributed by atoms with Crippen LogP contribution in [-0.2, 0) is 44.4 Å². The molecule has 0 amide bonds. The van der Waals surface area contributed by atoms with Crippen LogP contribution in [0.15, 0.2) is 42.5 Å². The van der Waals surface area contributed by atoms with Gasteiger partial charge in [0.05, 0.1) is 19.3 Å². The zero-order valence-corrected chi connectivity index (χ0v) is 29.2. The van der Waals surface area contributed by atoms with E-state index >= 15 is 0 Å². The zero-order valence-electron chi connectivity index (χ0n) is 29.2. The second-order valence-corrected chi connectivity index (χ2v) is 13.3. The molecular weight excluding hydrogens is 740 g/mol. The molecule has 0 saturated carbocycles. The third kappa shape index (κ3) is 10.0. The number of aromatic hydroxyl groups is 4. The Balaban J connectivity index is 1.34. The van der Waals surface area contributed by atoms with Crippen LogP contribution in [0, 0.1) is 0 Å². The molecule has 55 heavy (non-hydrogen) atoms. The van der Waals surface area contributed by atoms with Gasteiger partial charge in [0, 0.05) is 6.08 Å². The summed E-state index contributed by atoms with van der Waals surface area (Å²) >= 11 is 0. The van der Waals surface area contributed by atoms with Crippen LogP contribution in [0.1, 0.15) is 18.1 Å². The lowest BCUT2D eigenvalue weighted by molar-refractivity contribution is -0.386. The highest BCUT2D eigenvalue weighted by atomic mass is 16.8. The van der Waals surface area contributed by atoms with E-state index in [0.717, 1.165) is 6.08 Å². The maximum absolute atomic E-state index is 12.6. The van der Waals surface area contributed by atoms with Gasteiger partial charge in [-0.05, 0) is 54.8 Å². The third-order valence-corrected chi connectivity index (χ3v) is 9.37. The van der Waals surface area contributed by atoms with Gasteiger partial charge in [-0.2, -0.15) is 0 Å². The molecule has 0 bridgehead atoms. The Morgan fingerprint density at radius 1 is 0.673 bits per heavy atom. The summed E-state index contributed by atoms with van der Waals surface area (Å²) in [4.78, 5) is 12.6. The SMILES string of the molecule is C[C@@H]1O[C@@H](O[C@@H]2[C@@H](O)[C@H](OCCc3ccc(O)c(O)c3)O[C@H](COC(=O)C=Cc3ccc(O)c(O)c3)[C@H]2O)[C@H](O[C@@H]2O[C@H](CO)[C@H](O)[C@H](O)[C@H]2O)[C@H](O)[C@H]1O. The number of ether oxygens (including phenoxy) is 7. The van der Waals surface area contributed by atoms with E-state index in [-0.39, 0.29) is 30.3 Å². The van der Waals surface area contributed by atoms with Crippen molar-refractivity contribution in [2.45, 2.75) is 105 Å². The van der Waals surface area contributed by atoms with Crippen LogP contribution in [0.3, 0.4) is 0 Å². The molecule has 0 aromatic heterocycles. The fourth-order valence-electron chi connectivity index (χ4n) is 6.12. The molecule has 2 aromatic carbocycles. The molecule has 3 aliphatic rings. The summed E-state index contributed by atoms with van der Waals surface area (Å²) in [6.45, 7) is -0.231. The molecule has 3 heterocycles. The van der Waals surface area contributed by atoms with Crippen molar-refractivity contribution in [1.82, 2.24) is 0 Å². The molecule has 306 valence electrons. The number of hydrogen-bond donors (Lipinski definition) is 12. The number of benzene rings is 2. The van der Waals surface area contributed by atoms with Crippen molar-refractivity contribution in [2.24, 2.45) is 0 Å². The van der Waals surface area contributed by atoms with Gasteiger partial charge < -0.3 is 94.4 Å². The smallest absolute Gasteiger partial charge is 0.330 e. The van der Waals surface area contributed by atoms with Crippen molar-refractivity contribution in [3.63, 3.8) is 0 Å². The van der Waals surface area contributed by atoms with Crippen LogP contribution in [0.5, 0.6) is 23.0 Å². The summed E-state index contributed by atoms with van der Waals surface area (Å²) in [5, 5.41) is 124. The first-order valence-corrected chi connectivity index (χ1v) is 17.2. The first-order valence-electron chi connectivity index (χ1n) is 17.2.